The number of halogens is 3. The molecule has 0 aliphatic carbocycles. The Morgan fingerprint density at radius 1 is 1.38 bits per heavy atom. The van der Waals surface area contributed by atoms with Gasteiger partial charge in [-0.1, -0.05) is 0 Å². The fourth-order valence-corrected chi connectivity index (χ4v) is 2.11. The summed E-state index contributed by atoms with van der Waals surface area (Å²) in [7, 11) is 1.60. The Labute approximate surface area is 128 Å². The average Bonchev–Trinajstić information content (AvgIpc) is 2.92. The van der Waals surface area contributed by atoms with Crippen molar-refractivity contribution in [2.45, 2.75) is 13.0 Å². The Hall–Kier alpha value is -1.45. The average molecular weight is 362 g/mol. The summed E-state index contributed by atoms with van der Waals surface area (Å²) in [5.74, 6) is -1.01. The summed E-state index contributed by atoms with van der Waals surface area (Å²) in [6.07, 6.45) is 0. The van der Waals surface area contributed by atoms with E-state index in [1.807, 2.05) is 6.92 Å². The van der Waals surface area contributed by atoms with Crippen LogP contribution in [0, 0.1) is 11.6 Å². The summed E-state index contributed by atoms with van der Waals surface area (Å²) in [6, 6.07) is 1.86. The van der Waals surface area contributed by atoms with Crippen LogP contribution in [0.4, 0.5) is 8.78 Å². The van der Waals surface area contributed by atoms with E-state index in [0.717, 1.165) is 6.07 Å². The first-order valence-corrected chi connectivity index (χ1v) is 6.99. The van der Waals surface area contributed by atoms with E-state index >= 15 is 0 Å². The molecule has 0 saturated heterocycles. The Kier molecular flexibility index (Phi) is 5.32. The second kappa shape index (κ2) is 7.01. The van der Waals surface area contributed by atoms with E-state index < -0.39 is 11.6 Å². The summed E-state index contributed by atoms with van der Waals surface area (Å²) in [6.45, 7) is 2.97. The highest BCUT2D eigenvalue weighted by Crippen LogP contribution is 2.24. The van der Waals surface area contributed by atoms with Gasteiger partial charge >= 0.3 is 0 Å². The number of hydrogen-bond acceptors (Lipinski definition) is 5. The summed E-state index contributed by atoms with van der Waals surface area (Å²) in [5.41, 5.74) is 0.0728. The van der Waals surface area contributed by atoms with Gasteiger partial charge in [0.2, 0.25) is 0 Å². The highest BCUT2D eigenvalue weighted by atomic mass is 79.9. The minimum atomic E-state index is -0.742. The molecule has 0 spiro atoms. The van der Waals surface area contributed by atoms with E-state index in [0.29, 0.717) is 19.0 Å². The van der Waals surface area contributed by atoms with Crippen LogP contribution in [0.1, 0.15) is 18.8 Å². The van der Waals surface area contributed by atoms with Crippen molar-refractivity contribution >= 4 is 15.9 Å². The van der Waals surface area contributed by atoms with Crippen molar-refractivity contribution in [3.05, 3.63) is 34.1 Å². The summed E-state index contributed by atoms with van der Waals surface area (Å²) < 4.78 is 33.5. The molecule has 6 nitrogen and oxygen atoms in total. The lowest BCUT2D eigenvalue weighted by atomic mass is 10.2. The van der Waals surface area contributed by atoms with Gasteiger partial charge in [0.25, 0.3) is 0 Å². The highest BCUT2D eigenvalue weighted by molar-refractivity contribution is 9.10. The van der Waals surface area contributed by atoms with Gasteiger partial charge in [-0.05, 0) is 39.3 Å². The molecule has 2 rings (SSSR count). The lowest BCUT2D eigenvalue weighted by molar-refractivity contribution is 0.196. The number of benzene rings is 1. The Morgan fingerprint density at radius 2 is 2.14 bits per heavy atom. The Bertz CT molecular complexity index is 622. The van der Waals surface area contributed by atoms with Crippen LogP contribution in [0.15, 0.2) is 16.6 Å². The molecule has 1 atom stereocenters. The minimum Gasteiger partial charge on any atom is -0.383 e. The van der Waals surface area contributed by atoms with Crippen molar-refractivity contribution in [3.63, 3.8) is 0 Å². The van der Waals surface area contributed by atoms with Crippen LogP contribution in [0.2, 0.25) is 0 Å². The van der Waals surface area contributed by atoms with Crippen LogP contribution in [0.25, 0.3) is 5.69 Å². The van der Waals surface area contributed by atoms with Gasteiger partial charge in [0.15, 0.2) is 11.6 Å². The third kappa shape index (κ3) is 3.60. The van der Waals surface area contributed by atoms with Gasteiger partial charge in [0.05, 0.1) is 17.1 Å². The van der Waals surface area contributed by atoms with Crippen molar-refractivity contribution in [1.29, 1.82) is 0 Å². The number of rotatable bonds is 6. The topological polar surface area (TPSA) is 64.9 Å². The highest BCUT2D eigenvalue weighted by Gasteiger charge is 2.19. The third-order valence-electron chi connectivity index (χ3n) is 2.86. The van der Waals surface area contributed by atoms with E-state index in [9.17, 15) is 8.78 Å². The molecule has 1 N–H and O–H groups in total. The second-order valence-corrected chi connectivity index (χ2v) is 5.19. The smallest absolute Gasteiger partial charge is 0.173 e. The third-order valence-corrected chi connectivity index (χ3v) is 3.46. The molecule has 1 heterocycles. The number of hydrogen-bond donors (Lipinski definition) is 1. The molecular weight excluding hydrogens is 348 g/mol. The maximum atomic E-state index is 13.9. The maximum absolute atomic E-state index is 13.9. The van der Waals surface area contributed by atoms with Gasteiger partial charge in [0.1, 0.15) is 11.5 Å². The van der Waals surface area contributed by atoms with E-state index in [-0.39, 0.29) is 16.2 Å². The first-order chi connectivity index (χ1) is 10.0. The van der Waals surface area contributed by atoms with Crippen LogP contribution in [-0.4, -0.2) is 40.5 Å². The fraction of sp³-hybridized carbons (Fsp3) is 0.417. The number of methoxy groups -OCH3 is 1. The van der Waals surface area contributed by atoms with Crippen molar-refractivity contribution in [2.75, 3.05) is 20.3 Å². The quantitative estimate of drug-likeness (QED) is 0.629. The molecule has 0 radical (unpaired) electrons. The fourth-order valence-electron chi connectivity index (χ4n) is 1.78. The summed E-state index contributed by atoms with van der Waals surface area (Å²) in [4.78, 5) is 0. The van der Waals surface area contributed by atoms with Gasteiger partial charge in [-0.15, -0.1) is 5.10 Å². The Morgan fingerprint density at radius 3 is 2.86 bits per heavy atom. The van der Waals surface area contributed by atoms with E-state index in [1.54, 1.807) is 7.11 Å². The number of aromatic nitrogens is 4. The van der Waals surface area contributed by atoms with E-state index in [1.165, 1.54) is 10.7 Å². The molecule has 0 bridgehead atoms. The van der Waals surface area contributed by atoms with Gasteiger partial charge in [-0.25, -0.2) is 8.78 Å². The molecule has 0 aliphatic rings. The molecule has 9 heteroatoms. The Balaban J connectivity index is 2.30. The second-order valence-electron chi connectivity index (χ2n) is 4.34. The lowest BCUT2D eigenvalue weighted by Crippen LogP contribution is -2.25. The van der Waals surface area contributed by atoms with Crippen LogP contribution >= 0.6 is 15.9 Å². The molecule has 0 amide bonds. The molecule has 1 unspecified atom stereocenters. The molecule has 1 aromatic heterocycles. The zero-order valence-electron chi connectivity index (χ0n) is 11.5. The van der Waals surface area contributed by atoms with Crippen LogP contribution < -0.4 is 5.32 Å². The summed E-state index contributed by atoms with van der Waals surface area (Å²) >= 11 is 3.02. The standard InChI is InChI=1S/C12H14BrF2N5O/c1-7(16-3-4-21-2)12-17-18-19-20(12)11-5-8(13)9(14)6-10(11)15/h5-7,16H,3-4H2,1-2H3. The molecule has 21 heavy (non-hydrogen) atoms. The SMILES string of the molecule is COCCNC(C)c1nnnn1-c1cc(Br)c(F)cc1F. The predicted molar refractivity (Wildman–Crippen MR) is 75.1 cm³/mol. The zero-order chi connectivity index (χ0) is 15.4. The van der Waals surface area contributed by atoms with Crippen LogP contribution in [-0.2, 0) is 4.74 Å². The van der Waals surface area contributed by atoms with Crippen LogP contribution in [0.3, 0.4) is 0 Å². The van der Waals surface area contributed by atoms with Gasteiger partial charge < -0.3 is 10.1 Å². The largest absolute Gasteiger partial charge is 0.383 e. The number of nitrogens with zero attached hydrogens (tertiary/aromatic N) is 4. The maximum Gasteiger partial charge on any atom is 0.173 e. The van der Waals surface area contributed by atoms with Crippen LogP contribution in [0.5, 0.6) is 0 Å². The van der Waals surface area contributed by atoms with E-state index in [4.69, 9.17) is 4.74 Å². The van der Waals surface area contributed by atoms with E-state index in [2.05, 4.69) is 36.8 Å². The molecule has 0 fully saturated rings. The molecule has 0 aliphatic heterocycles. The molecule has 1 aromatic carbocycles. The molecule has 0 saturated carbocycles. The number of nitrogens with one attached hydrogen (secondary N) is 1. The zero-order valence-corrected chi connectivity index (χ0v) is 13.1. The predicted octanol–water partition coefficient (Wildman–Crippen LogP) is 2.00. The van der Waals surface area contributed by atoms with Gasteiger partial charge in [0, 0.05) is 19.7 Å². The number of tetrazole rings is 1. The van der Waals surface area contributed by atoms with Crippen molar-refractivity contribution < 1.29 is 13.5 Å². The van der Waals surface area contributed by atoms with Crippen molar-refractivity contribution in [2.24, 2.45) is 0 Å². The van der Waals surface area contributed by atoms with Crippen molar-refractivity contribution in [3.8, 4) is 5.69 Å². The molecular formula is C12H14BrF2N5O. The monoisotopic (exact) mass is 361 g/mol. The normalized spacial score (nSPS) is 12.6. The van der Waals surface area contributed by atoms with Gasteiger partial charge in [-0.3, -0.25) is 0 Å². The number of ether oxygens (including phenoxy) is 1. The minimum absolute atomic E-state index is 0.0728. The molecule has 2 aromatic rings. The summed E-state index contributed by atoms with van der Waals surface area (Å²) in [5, 5.41) is 14.4. The van der Waals surface area contributed by atoms with Crippen molar-refractivity contribution in [1.82, 2.24) is 25.5 Å². The first kappa shape index (κ1) is 15.9. The lowest BCUT2D eigenvalue weighted by Gasteiger charge is -2.13. The van der Waals surface area contributed by atoms with Gasteiger partial charge in [-0.2, -0.15) is 4.68 Å². The first-order valence-electron chi connectivity index (χ1n) is 6.20. The molecule has 114 valence electrons.